The number of ether oxygens (including phenoxy) is 1. The van der Waals surface area contributed by atoms with Gasteiger partial charge in [-0.05, 0) is 31.8 Å². The second-order valence-electron chi connectivity index (χ2n) is 25.4. The largest absolute Gasteiger partial charge is 0.472 e. The minimum atomic E-state index is -4.44. The Morgan fingerprint density at radius 1 is 0.430 bits per heavy atom. The zero-order chi connectivity index (χ0) is 57.9. The molecule has 0 bridgehead atoms. The third-order valence-corrected chi connectivity index (χ3v) is 17.2. The molecule has 0 spiro atoms. The van der Waals surface area contributed by atoms with Gasteiger partial charge >= 0.3 is 13.8 Å². The Hall–Kier alpha value is -1.25. The Labute approximate surface area is 492 Å². The Kier molecular flexibility index (Phi) is 58.9. The van der Waals surface area contributed by atoms with Gasteiger partial charge in [0.05, 0.1) is 33.8 Å². The molecular weight excluding hydrogens is 1000 g/mol. The lowest BCUT2D eigenvalue weighted by atomic mass is 10.0. The van der Waals surface area contributed by atoms with E-state index in [0.29, 0.717) is 23.9 Å². The third kappa shape index (κ3) is 61.1. The number of esters is 1. The number of carbonyl (C=O) groups is 2. The van der Waals surface area contributed by atoms with Gasteiger partial charge in [0.2, 0.25) is 5.91 Å². The number of unbranched alkanes of at least 4 members (excludes halogenated alkanes) is 49. The fourth-order valence-corrected chi connectivity index (χ4v) is 11.6. The van der Waals surface area contributed by atoms with Gasteiger partial charge in [-0.25, -0.2) is 4.57 Å². The first-order valence-corrected chi connectivity index (χ1v) is 36.5. The molecule has 0 saturated carbocycles. The first-order chi connectivity index (χ1) is 38.4. The van der Waals surface area contributed by atoms with Gasteiger partial charge in [-0.2, -0.15) is 0 Å². The summed E-state index contributed by atoms with van der Waals surface area (Å²) in [7, 11) is 1.52. The average Bonchev–Trinajstić information content (AvgIpc) is 3.41. The van der Waals surface area contributed by atoms with E-state index in [-0.39, 0.29) is 25.1 Å². The second kappa shape index (κ2) is 59.9. The summed E-state index contributed by atoms with van der Waals surface area (Å²) in [6.07, 6.45) is 70.7. The van der Waals surface area contributed by atoms with Crippen LogP contribution >= 0.6 is 7.82 Å². The molecule has 0 radical (unpaired) electrons. The van der Waals surface area contributed by atoms with Crippen LogP contribution in [0, 0.1) is 0 Å². The maximum absolute atomic E-state index is 13.6. The summed E-state index contributed by atoms with van der Waals surface area (Å²) in [5, 5.41) is 3.08. The highest BCUT2D eigenvalue weighted by molar-refractivity contribution is 7.47. The summed E-state index contributed by atoms with van der Waals surface area (Å²) in [6, 6.07) is -0.840. The van der Waals surface area contributed by atoms with Gasteiger partial charge < -0.3 is 19.4 Å². The summed E-state index contributed by atoms with van der Waals surface area (Å²) in [6.45, 7) is 7.09. The molecule has 0 rings (SSSR count). The molecule has 0 aliphatic heterocycles. The van der Waals surface area contributed by atoms with Crippen molar-refractivity contribution in [1.29, 1.82) is 0 Å². The number of nitrogens with one attached hydrogen (secondary N) is 1. The van der Waals surface area contributed by atoms with Crippen molar-refractivity contribution in [2.75, 3.05) is 40.9 Å². The predicted octanol–water partition coefficient (Wildman–Crippen LogP) is 21.9. The number of quaternary nitrogens is 1. The normalized spacial score (nSPS) is 13.6. The lowest BCUT2D eigenvalue weighted by molar-refractivity contribution is -0.870. The fraction of sp³-hybridized carbons (Fsp3) is 0.942. The van der Waals surface area contributed by atoms with E-state index in [1.807, 2.05) is 27.2 Å². The summed E-state index contributed by atoms with van der Waals surface area (Å²) in [5.74, 6) is -0.477. The summed E-state index contributed by atoms with van der Waals surface area (Å²) >= 11 is 0. The number of nitrogens with zero attached hydrogens (tertiary/aromatic N) is 1. The molecule has 0 aromatic heterocycles. The van der Waals surface area contributed by atoms with E-state index >= 15 is 0 Å². The van der Waals surface area contributed by atoms with Crippen LogP contribution in [-0.2, 0) is 27.9 Å². The average molecular weight is 1140 g/mol. The zero-order valence-electron chi connectivity index (χ0n) is 53.9. The van der Waals surface area contributed by atoms with Gasteiger partial charge in [-0.3, -0.25) is 18.6 Å². The molecule has 0 saturated heterocycles. The predicted molar refractivity (Wildman–Crippen MR) is 342 cm³/mol. The van der Waals surface area contributed by atoms with E-state index in [1.54, 1.807) is 0 Å². The molecule has 0 heterocycles. The minimum absolute atomic E-state index is 0.0461. The minimum Gasteiger partial charge on any atom is -0.456 e. The van der Waals surface area contributed by atoms with Gasteiger partial charge in [-0.15, -0.1) is 0 Å². The molecule has 0 aromatic rings. The molecule has 3 unspecified atom stereocenters. The summed E-state index contributed by atoms with van der Waals surface area (Å²) in [4.78, 5) is 37.9. The van der Waals surface area contributed by atoms with E-state index in [1.165, 1.54) is 276 Å². The maximum atomic E-state index is 13.6. The number of hydrogen-bond acceptors (Lipinski definition) is 6. The second-order valence-corrected chi connectivity index (χ2v) is 26.9. The molecule has 0 fully saturated rings. The molecule has 470 valence electrons. The molecule has 3 atom stereocenters. The highest BCUT2D eigenvalue weighted by Crippen LogP contribution is 2.43. The van der Waals surface area contributed by atoms with Crippen LogP contribution in [0.5, 0.6) is 0 Å². The van der Waals surface area contributed by atoms with Crippen molar-refractivity contribution in [3.05, 3.63) is 12.2 Å². The molecule has 10 heteroatoms. The number of rotatable bonds is 65. The highest BCUT2D eigenvalue weighted by atomic mass is 31.2. The van der Waals surface area contributed by atoms with Crippen LogP contribution in [0.25, 0.3) is 0 Å². The van der Waals surface area contributed by atoms with Crippen LogP contribution in [0.2, 0.25) is 0 Å². The van der Waals surface area contributed by atoms with Crippen molar-refractivity contribution in [2.24, 2.45) is 0 Å². The van der Waals surface area contributed by atoms with Crippen molar-refractivity contribution in [2.45, 2.75) is 380 Å². The first-order valence-electron chi connectivity index (χ1n) is 35.0. The Morgan fingerprint density at radius 3 is 1.04 bits per heavy atom. The number of phosphoric acid groups is 1. The van der Waals surface area contributed by atoms with Crippen LogP contribution in [0.15, 0.2) is 12.2 Å². The first kappa shape index (κ1) is 77.8. The molecule has 0 aromatic carbocycles. The number of hydrogen-bond donors (Lipinski definition) is 2. The van der Waals surface area contributed by atoms with E-state index in [9.17, 15) is 19.0 Å². The van der Waals surface area contributed by atoms with E-state index in [0.717, 1.165) is 57.8 Å². The number of allylic oxidation sites excluding steroid dienone is 1. The lowest BCUT2D eigenvalue weighted by Gasteiger charge is -2.27. The molecule has 0 aliphatic carbocycles. The van der Waals surface area contributed by atoms with Crippen molar-refractivity contribution in [3.63, 3.8) is 0 Å². The molecule has 9 nitrogen and oxygen atoms in total. The van der Waals surface area contributed by atoms with E-state index < -0.39 is 20.0 Å². The topological polar surface area (TPSA) is 111 Å². The summed E-state index contributed by atoms with van der Waals surface area (Å²) < 4.78 is 30.8. The number of likely N-dealkylation sites (N-methyl/N-ethyl adjacent to an activating group) is 1. The van der Waals surface area contributed by atoms with Gasteiger partial charge in [0, 0.05) is 12.8 Å². The van der Waals surface area contributed by atoms with Crippen molar-refractivity contribution >= 4 is 19.7 Å². The van der Waals surface area contributed by atoms with Crippen LogP contribution in [0.3, 0.4) is 0 Å². The molecular formula is C69H138N2O7P+. The van der Waals surface area contributed by atoms with Crippen LogP contribution in [-0.4, -0.2) is 74.3 Å². The maximum Gasteiger partial charge on any atom is 0.472 e. The Morgan fingerprint density at radius 2 is 0.722 bits per heavy atom. The van der Waals surface area contributed by atoms with Crippen LogP contribution < -0.4 is 5.32 Å². The van der Waals surface area contributed by atoms with E-state index in [4.69, 9.17) is 13.8 Å². The molecule has 79 heavy (non-hydrogen) atoms. The van der Waals surface area contributed by atoms with Crippen LogP contribution in [0.4, 0.5) is 0 Å². The number of carbonyl (C=O) groups excluding carboxylic acids is 2. The quantitative estimate of drug-likeness (QED) is 0.0205. The molecule has 2 N–H and O–H groups in total. The molecule has 1 amide bonds. The Bertz CT molecular complexity index is 1360. The van der Waals surface area contributed by atoms with Crippen LogP contribution in [0.1, 0.15) is 367 Å². The zero-order valence-corrected chi connectivity index (χ0v) is 54.8. The summed E-state index contributed by atoms with van der Waals surface area (Å²) in [5.41, 5.74) is 0. The smallest absolute Gasteiger partial charge is 0.456 e. The number of phosphoric ester groups is 1. The van der Waals surface area contributed by atoms with Crippen molar-refractivity contribution in [1.82, 2.24) is 5.32 Å². The number of amides is 1. The lowest BCUT2D eigenvalue weighted by Crippen LogP contribution is -2.47. The molecule has 0 aliphatic rings. The van der Waals surface area contributed by atoms with Crippen molar-refractivity contribution < 1.29 is 37.3 Å². The van der Waals surface area contributed by atoms with Gasteiger partial charge in [0.1, 0.15) is 19.3 Å². The van der Waals surface area contributed by atoms with Gasteiger partial charge in [0.15, 0.2) is 0 Å². The van der Waals surface area contributed by atoms with E-state index in [2.05, 4.69) is 32.2 Å². The standard InChI is InChI=1S/C69H137N2O7P/c1-7-10-13-16-19-22-25-28-30-32-33-34-35-36-37-39-40-43-46-49-52-55-58-61-68(72)70-66(65-77-79(74,75)76-64-63-71(4,5)6)67(60-57-54-51-48-45-42-27-24-21-18-15-12-9-3)78-69(73)62-59-56-53-50-47-44-41-38-31-29-26-23-20-17-14-11-8-2/h57,60,66-67H,7-56,58-59,61-65H2,1-6H3,(H-,70,72,74,75)/p+1/b60-57+. The monoisotopic (exact) mass is 1140 g/mol. The SMILES string of the molecule is CCCCCCCCCCCCC/C=C/C(OC(=O)CCCCCCCCCCCCCCCCCCC)C(COP(=O)(O)OCC[N+](C)(C)C)NC(=O)CCCCCCCCCCCCCCCCCCCCCCCCC. The Balaban J connectivity index is 5.07. The van der Waals surface area contributed by atoms with Gasteiger partial charge in [0.25, 0.3) is 0 Å². The third-order valence-electron chi connectivity index (χ3n) is 16.2. The van der Waals surface area contributed by atoms with Crippen molar-refractivity contribution in [3.8, 4) is 0 Å². The fourth-order valence-electron chi connectivity index (χ4n) is 10.8. The highest BCUT2D eigenvalue weighted by Gasteiger charge is 2.30. The van der Waals surface area contributed by atoms with Gasteiger partial charge in [-0.1, -0.05) is 335 Å².